The number of hydrogen-bond acceptors (Lipinski definition) is 4. The smallest absolute Gasteiger partial charge is 0.243 e. The molecule has 0 spiro atoms. The molecule has 0 bridgehead atoms. The van der Waals surface area contributed by atoms with E-state index in [1.165, 1.54) is 0 Å². The number of nitrogens with one attached hydrogen (secondary N) is 3. The average molecular weight is 278 g/mol. The van der Waals surface area contributed by atoms with Gasteiger partial charge in [-0.2, -0.15) is 0 Å². The zero-order valence-electron chi connectivity index (χ0n) is 9.98. The molecule has 0 radical (unpaired) electrons. The van der Waals surface area contributed by atoms with Crippen LogP contribution in [0, 0.1) is 0 Å². The Morgan fingerprint density at radius 2 is 2.37 bits per heavy atom. The molecule has 1 aliphatic rings. The third kappa shape index (κ3) is 2.59. The van der Waals surface area contributed by atoms with Crippen LogP contribution in [0.15, 0.2) is 24.7 Å². The van der Waals surface area contributed by atoms with Crippen molar-refractivity contribution in [2.24, 2.45) is 0 Å². The SMILES string of the molecule is O=C(Nc1cc(Cl)ccn1)C1Cc2nc[nH]c2CN1. The summed E-state index contributed by atoms with van der Waals surface area (Å²) in [5, 5.41) is 6.43. The maximum Gasteiger partial charge on any atom is 0.243 e. The van der Waals surface area contributed by atoms with Crippen molar-refractivity contribution in [1.29, 1.82) is 0 Å². The lowest BCUT2D eigenvalue weighted by molar-refractivity contribution is -0.118. The zero-order chi connectivity index (χ0) is 13.2. The Morgan fingerprint density at radius 1 is 1.47 bits per heavy atom. The number of anilines is 1. The molecule has 0 fully saturated rings. The number of amides is 1. The predicted octanol–water partition coefficient (Wildman–Crippen LogP) is 1.11. The monoisotopic (exact) mass is 277 g/mol. The van der Waals surface area contributed by atoms with Crippen molar-refractivity contribution in [2.75, 3.05) is 5.32 Å². The first-order valence-corrected chi connectivity index (χ1v) is 6.27. The quantitative estimate of drug-likeness (QED) is 0.768. The lowest BCUT2D eigenvalue weighted by Crippen LogP contribution is -2.44. The number of hydrogen-bond donors (Lipinski definition) is 3. The Morgan fingerprint density at radius 3 is 3.21 bits per heavy atom. The molecule has 19 heavy (non-hydrogen) atoms. The van der Waals surface area contributed by atoms with E-state index in [1.54, 1.807) is 24.7 Å². The van der Waals surface area contributed by atoms with Crippen molar-refractivity contribution in [1.82, 2.24) is 20.3 Å². The van der Waals surface area contributed by atoms with Gasteiger partial charge in [0.1, 0.15) is 5.82 Å². The van der Waals surface area contributed by atoms with Crippen LogP contribution in [0.3, 0.4) is 0 Å². The number of aromatic nitrogens is 3. The van der Waals surface area contributed by atoms with Crippen LogP contribution in [0.5, 0.6) is 0 Å². The molecule has 6 nitrogen and oxygen atoms in total. The molecular weight excluding hydrogens is 266 g/mol. The van der Waals surface area contributed by atoms with Crippen LogP contribution in [-0.4, -0.2) is 26.9 Å². The minimum atomic E-state index is -0.309. The van der Waals surface area contributed by atoms with Gasteiger partial charge < -0.3 is 10.3 Å². The Bertz CT molecular complexity index is 612. The molecule has 2 aromatic rings. The molecule has 7 heteroatoms. The second-order valence-corrected chi connectivity index (χ2v) is 4.75. The third-order valence-corrected chi connectivity index (χ3v) is 3.26. The summed E-state index contributed by atoms with van der Waals surface area (Å²) in [6.45, 7) is 0.608. The first-order valence-electron chi connectivity index (χ1n) is 5.89. The fourth-order valence-corrected chi connectivity index (χ4v) is 2.20. The maximum atomic E-state index is 12.1. The van der Waals surface area contributed by atoms with E-state index >= 15 is 0 Å². The van der Waals surface area contributed by atoms with Crippen molar-refractivity contribution in [3.8, 4) is 0 Å². The highest BCUT2D eigenvalue weighted by Crippen LogP contribution is 2.15. The van der Waals surface area contributed by atoms with E-state index in [-0.39, 0.29) is 11.9 Å². The summed E-state index contributed by atoms with van der Waals surface area (Å²) in [5.41, 5.74) is 1.96. The zero-order valence-corrected chi connectivity index (χ0v) is 10.7. The fraction of sp³-hybridized carbons (Fsp3) is 0.250. The number of carbonyl (C=O) groups excluding carboxylic acids is 1. The number of rotatable bonds is 2. The number of H-pyrrole nitrogens is 1. The van der Waals surface area contributed by atoms with Crippen molar-refractivity contribution < 1.29 is 4.79 Å². The summed E-state index contributed by atoms with van der Waals surface area (Å²) in [6, 6.07) is 2.96. The van der Waals surface area contributed by atoms with Gasteiger partial charge in [0, 0.05) is 24.2 Å². The second-order valence-electron chi connectivity index (χ2n) is 4.31. The molecule has 3 heterocycles. The Kier molecular flexibility index (Phi) is 3.18. The van der Waals surface area contributed by atoms with E-state index in [0.717, 1.165) is 11.4 Å². The Balaban J connectivity index is 1.69. The van der Waals surface area contributed by atoms with Gasteiger partial charge in [-0.15, -0.1) is 0 Å². The van der Waals surface area contributed by atoms with Gasteiger partial charge in [0.05, 0.1) is 23.8 Å². The topological polar surface area (TPSA) is 82.7 Å². The summed E-state index contributed by atoms with van der Waals surface area (Å²) in [6.07, 6.45) is 3.76. The van der Waals surface area contributed by atoms with Crippen molar-refractivity contribution in [3.63, 3.8) is 0 Å². The van der Waals surface area contributed by atoms with Crippen molar-refractivity contribution in [3.05, 3.63) is 41.1 Å². The first kappa shape index (κ1) is 12.1. The minimum Gasteiger partial charge on any atom is -0.347 e. The molecule has 1 unspecified atom stereocenters. The van der Waals surface area contributed by atoms with Gasteiger partial charge in [0.15, 0.2) is 0 Å². The summed E-state index contributed by atoms with van der Waals surface area (Å²) >= 11 is 5.85. The number of halogens is 1. The van der Waals surface area contributed by atoms with E-state index in [2.05, 4.69) is 25.6 Å². The summed E-state index contributed by atoms with van der Waals surface area (Å²) < 4.78 is 0. The lowest BCUT2D eigenvalue weighted by Gasteiger charge is -2.22. The van der Waals surface area contributed by atoms with Crippen LogP contribution in [0.4, 0.5) is 5.82 Å². The summed E-state index contributed by atoms with van der Waals surface area (Å²) in [7, 11) is 0. The largest absolute Gasteiger partial charge is 0.347 e. The number of aromatic amines is 1. The average Bonchev–Trinajstić information content (AvgIpc) is 2.85. The van der Waals surface area contributed by atoms with Crippen LogP contribution in [0.25, 0.3) is 0 Å². The maximum absolute atomic E-state index is 12.1. The highest BCUT2D eigenvalue weighted by Gasteiger charge is 2.25. The molecule has 3 rings (SSSR count). The number of pyridine rings is 1. The highest BCUT2D eigenvalue weighted by molar-refractivity contribution is 6.30. The number of carbonyl (C=O) groups is 1. The van der Waals surface area contributed by atoms with E-state index in [0.29, 0.717) is 23.8 Å². The minimum absolute atomic E-state index is 0.136. The number of nitrogens with zero attached hydrogens (tertiary/aromatic N) is 2. The summed E-state index contributed by atoms with van der Waals surface area (Å²) in [5.74, 6) is 0.315. The van der Waals surface area contributed by atoms with Crippen molar-refractivity contribution >= 4 is 23.3 Å². The highest BCUT2D eigenvalue weighted by atomic mass is 35.5. The second kappa shape index (κ2) is 4.99. The Labute approximate surface area is 114 Å². The van der Waals surface area contributed by atoms with Crippen LogP contribution < -0.4 is 10.6 Å². The predicted molar refractivity (Wildman–Crippen MR) is 70.8 cm³/mol. The van der Waals surface area contributed by atoms with Gasteiger partial charge in [0.25, 0.3) is 0 Å². The standard InChI is InChI=1S/C12H12ClN5O/c13-7-1-2-14-11(3-7)18-12(19)9-4-8-10(5-15-9)17-6-16-8/h1-3,6,9,15H,4-5H2,(H,16,17)(H,14,18,19). The molecule has 98 valence electrons. The fourth-order valence-electron chi connectivity index (χ4n) is 2.04. The molecule has 2 aromatic heterocycles. The van der Waals surface area contributed by atoms with Crippen LogP contribution in [0.2, 0.25) is 5.02 Å². The molecule has 1 amide bonds. The van der Waals surface area contributed by atoms with Crippen LogP contribution in [-0.2, 0) is 17.8 Å². The van der Waals surface area contributed by atoms with Crippen LogP contribution >= 0.6 is 11.6 Å². The molecule has 0 saturated carbocycles. The van der Waals surface area contributed by atoms with E-state index < -0.39 is 0 Å². The van der Waals surface area contributed by atoms with Gasteiger partial charge >= 0.3 is 0 Å². The molecular formula is C12H12ClN5O. The lowest BCUT2D eigenvalue weighted by atomic mass is 10.0. The summed E-state index contributed by atoms with van der Waals surface area (Å²) in [4.78, 5) is 23.4. The number of fused-ring (bicyclic) bond motifs is 1. The van der Waals surface area contributed by atoms with E-state index in [9.17, 15) is 4.79 Å². The third-order valence-electron chi connectivity index (χ3n) is 3.02. The van der Waals surface area contributed by atoms with Gasteiger partial charge in [-0.3, -0.25) is 10.1 Å². The number of imidazole rings is 1. The van der Waals surface area contributed by atoms with Gasteiger partial charge in [0.2, 0.25) is 5.91 Å². The Hall–Kier alpha value is -1.92. The molecule has 1 atom stereocenters. The molecule has 0 aliphatic carbocycles. The first-order chi connectivity index (χ1) is 9.22. The normalized spacial score (nSPS) is 17.8. The molecule has 1 aliphatic heterocycles. The molecule has 0 aromatic carbocycles. The van der Waals surface area contributed by atoms with Gasteiger partial charge in [-0.05, 0) is 12.1 Å². The van der Waals surface area contributed by atoms with Crippen LogP contribution in [0.1, 0.15) is 11.4 Å². The van der Waals surface area contributed by atoms with Gasteiger partial charge in [-0.1, -0.05) is 11.6 Å². The van der Waals surface area contributed by atoms with E-state index in [4.69, 9.17) is 11.6 Å². The molecule has 0 saturated heterocycles. The van der Waals surface area contributed by atoms with Crippen molar-refractivity contribution in [2.45, 2.75) is 19.0 Å². The van der Waals surface area contributed by atoms with E-state index in [1.807, 2.05) is 0 Å². The molecule has 3 N–H and O–H groups in total. The van der Waals surface area contributed by atoms with Gasteiger partial charge in [-0.25, -0.2) is 9.97 Å².